The van der Waals surface area contributed by atoms with Crippen LogP contribution in [0.1, 0.15) is 40.7 Å². The predicted molar refractivity (Wildman–Crippen MR) is 99.0 cm³/mol. The summed E-state index contributed by atoms with van der Waals surface area (Å²) in [5.41, 5.74) is 8.68. The molecular weight excluding hydrogens is 308 g/mol. The van der Waals surface area contributed by atoms with Crippen LogP contribution in [0.4, 0.5) is 0 Å². The van der Waals surface area contributed by atoms with E-state index in [4.69, 9.17) is 0 Å². The number of aryl methyl sites for hydroxylation is 2. The van der Waals surface area contributed by atoms with Crippen LogP contribution < -0.4 is 0 Å². The van der Waals surface area contributed by atoms with Crippen LogP contribution in [0.5, 0.6) is 0 Å². The molecule has 0 unspecified atom stereocenters. The maximum Gasteiger partial charge on any atom is 0.0110 e. The van der Waals surface area contributed by atoms with Crippen molar-refractivity contribution in [2.24, 2.45) is 0 Å². The Morgan fingerprint density at radius 3 is 2.00 bits per heavy atom. The number of piperazine rings is 1. The third-order valence-corrected chi connectivity index (χ3v) is 5.87. The molecule has 0 amide bonds. The molecule has 1 aromatic rings. The lowest BCUT2D eigenvalue weighted by molar-refractivity contribution is 0.155. The van der Waals surface area contributed by atoms with Gasteiger partial charge in [0.1, 0.15) is 0 Å². The zero-order valence-electron chi connectivity index (χ0n) is 14.4. The number of halogens is 1. The van der Waals surface area contributed by atoms with Gasteiger partial charge < -0.3 is 15.3 Å². The molecule has 1 fully saturated rings. The molecule has 130 valence electrons. The Morgan fingerprint density at radius 1 is 0.870 bits per heavy atom. The molecule has 2 aliphatic carbocycles. The summed E-state index contributed by atoms with van der Waals surface area (Å²) in [6.07, 6.45) is 9.45. The molecule has 1 aromatic carbocycles. The summed E-state index contributed by atoms with van der Waals surface area (Å²) in [5.74, 6) is 0. The van der Waals surface area contributed by atoms with E-state index in [0.717, 1.165) is 0 Å². The minimum Gasteiger partial charge on any atom is -0.412 e. The van der Waals surface area contributed by atoms with Gasteiger partial charge in [-0.15, -0.1) is 12.4 Å². The van der Waals surface area contributed by atoms with Crippen LogP contribution in [0, 0.1) is 0 Å². The summed E-state index contributed by atoms with van der Waals surface area (Å²) in [5, 5.41) is 0. The molecule has 0 atom stereocenters. The third-order valence-electron chi connectivity index (χ3n) is 5.87. The van der Waals surface area contributed by atoms with Crippen molar-refractivity contribution >= 4 is 12.4 Å². The second-order valence-electron chi connectivity index (χ2n) is 7.23. The quantitative estimate of drug-likeness (QED) is 0.846. The summed E-state index contributed by atoms with van der Waals surface area (Å²) in [6.45, 7) is 6.27. The fraction of sp³-hybridized carbons (Fsp3) is 0.684. The van der Waals surface area contributed by atoms with E-state index in [9.17, 15) is 0 Å². The SMILES string of the molecule is CN1CCN(CCc2c3c(cc4c2CCC4)CCC3)CC1.Cl.O. The molecule has 23 heavy (non-hydrogen) atoms. The summed E-state index contributed by atoms with van der Waals surface area (Å²) >= 11 is 0. The molecule has 1 aliphatic heterocycles. The summed E-state index contributed by atoms with van der Waals surface area (Å²) in [6, 6.07) is 2.56. The second kappa shape index (κ2) is 7.98. The first kappa shape index (κ1) is 18.7. The molecule has 1 saturated heterocycles. The van der Waals surface area contributed by atoms with Gasteiger partial charge >= 0.3 is 0 Å². The molecule has 4 rings (SSSR count). The number of hydrogen-bond acceptors (Lipinski definition) is 2. The fourth-order valence-corrected chi connectivity index (χ4v) is 4.58. The molecule has 0 saturated carbocycles. The van der Waals surface area contributed by atoms with E-state index in [1.54, 1.807) is 27.8 Å². The number of hydrogen-bond donors (Lipinski definition) is 0. The molecular formula is C19H31ClN2O. The van der Waals surface area contributed by atoms with Crippen molar-refractivity contribution in [3.05, 3.63) is 33.9 Å². The first-order valence-electron chi connectivity index (χ1n) is 8.87. The van der Waals surface area contributed by atoms with Gasteiger partial charge in [0.2, 0.25) is 0 Å². The number of nitrogens with zero attached hydrogens (tertiary/aromatic N) is 2. The molecule has 0 radical (unpaired) electrons. The van der Waals surface area contributed by atoms with Gasteiger partial charge in [-0.1, -0.05) is 6.07 Å². The van der Waals surface area contributed by atoms with Gasteiger partial charge in [-0.3, -0.25) is 0 Å². The Balaban J connectivity index is 0.000000960. The van der Waals surface area contributed by atoms with Crippen molar-refractivity contribution in [2.75, 3.05) is 39.8 Å². The Hall–Kier alpha value is -0.610. The van der Waals surface area contributed by atoms with Crippen LogP contribution in [-0.4, -0.2) is 55.0 Å². The van der Waals surface area contributed by atoms with Crippen molar-refractivity contribution in [1.29, 1.82) is 0 Å². The Kier molecular flexibility index (Phi) is 6.49. The standard InChI is InChI=1S/C19H28N2.ClH.H2O/c1-20-10-12-21(13-11-20)9-8-19-17-6-2-4-15(17)14-16-5-3-7-18(16)19;;/h14H,2-13H2,1H3;1H;1H2. The molecule has 3 nitrogen and oxygen atoms in total. The van der Waals surface area contributed by atoms with Crippen molar-refractivity contribution < 1.29 is 5.48 Å². The maximum absolute atomic E-state index is 2.68. The van der Waals surface area contributed by atoms with E-state index in [1.807, 2.05) is 0 Å². The molecule has 4 heteroatoms. The van der Waals surface area contributed by atoms with E-state index < -0.39 is 0 Å². The lowest BCUT2D eigenvalue weighted by Crippen LogP contribution is -2.45. The van der Waals surface area contributed by atoms with Gasteiger partial charge in [-0.25, -0.2) is 0 Å². The molecule has 0 aromatic heterocycles. The predicted octanol–water partition coefficient (Wildman–Crippen LogP) is 2.05. The molecule has 1 heterocycles. The van der Waals surface area contributed by atoms with Gasteiger partial charge in [0, 0.05) is 32.7 Å². The Morgan fingerprint density at radius 2 is 1.43 bits per heavy atom. The van der Waals surface area contributed by atoms with E-state index in [-0.39, 0.29) is 17.9 Å². The van der Waals surface area contributed by atoms with Crippen LogP contribution in [0.2, 0.25) is 0 Å². The number of likely N-dealkylation sites (N-methyl/N-ethyl adjacent to an activating group) is 1. The van der Waals surface area contributed by atoms with Crippen LogP contribution in [-0.2, 0) is 32.1 Å². The van der Waals surface area contributed by atoms with Crippen molar-refractivity contribution in [1.82, 2.24) is 9.80 Å². The molecule has 0 bridgehead atoms. The fourth-order valence-electron chi connectivity index (χ4n) is 4.58. The highest BCUT2D eigenvalue weighted by Gasteiger charge is 2.24. The lowest BCUT2D eigenvalue weighted by Gasteiger charge is -2.32. The van der Waals surface area contributed by atoms with Crippen molar-refractivity contribution in [2.45, 2.75) is 44.9 Å². The summed E-state index contributed by atoms with van der Waals surface area (Å²) in [7, 11) is 2.24. The lowest BCUT2D eigenvalue weighted by atomic mass is 9.92. The van der Waals surface area contributed by atoms with E-state index in [1.165, 1.54) is 77.7 Å². The number of rotatable bonds is 3. The van der Waals surface area contributed by atoms with Crippen LogP contribution in [0.15, 0.2) is 6.07 Å². The first-order valence-corrected chi connectivity index (χ1v) is 8.87. The normalized spacial score (nSPS) is 20.6. The largest absolute Gasteiger partial charge is 0.412 e. The molecule has 2 N–H and O–H groups in total. The highest BCUT2D eigenvalue weighted by atomic mass is 35.5. The van der Waals surface area contributed by atoms with Gasteiger partial charge in [0.05, 0.1) is 0 Å². The minimum atomic E-state index is 0. The summed E-state index contributed by atoms with van der Waals surface area (Å²) < 4.78 is 0. The number of benzene rings is 1. The minimum absolute atomic E-state index is 0. The smallest absolute Gasteiger partial charge is 0.0110 e. The highest BCUT2D eigenvalue weighted by molar-refractivity contribution is 5.85. The third kappa shape index (κ3) is 3.74. The van der Waals surface area contributed by atoms with Crippen LogP contribution in [0.3, 0.4) is 0 Å². The van der Waals surface area contributed by atoms with Gasteiger partial charge in [-0.2, -0.15) is 0 Å². The second-order valence-corrected chi connectivity index (χ2v) is 7.23. The average molecular weight is 339 g/mol. The van der Waals surface area contributed by atoms with E-state index in [0.29, 0.717) is 0 Å². The zero-order chi connectivity index (χ0) is 14.2. The van der Waals surface area contributed by atoms with Crippen LogP contribution in [0.25, 0.3) is 0 Å². The average Bonchev–Trinajstić information content (AvgIpc) is 3.13. The van der Waals surface area contributed by atoms with Gasteiger partial charge in [0.25, 0.3) is 0 Å². The van der Waals surface area contributed by atoms with E-state index in [2.05, 4.69) is 22.9 Å². The van der Waals surface area contributed by atoms with Gasteiger partial charge in [0.15, 0.2) is 0 Å². The van der Waals surface area contributed by atoms with Crippen molar-refractivity contribution in [3.63, 3.8) is 0 Å². The van der Waals surface area contributed by atoms with Crippen LogP contribution >= 0.6 is 12.4 Å². The molecule has 0 spiro atoms. The number of fused-ring (bicyclic) bond motifs is 2. The molecule has 3 aliphatic rings. The first-order chi connectivity index (χ1) is 10.3. The topological polar surface area (TPSA) is 38.0 Å². The monoisotopic (exact) mass is 338 g/mol. The van der Waals surface area contributed by atoms with Gasteiger partial charge in [-0.05, 0) is 79.8 Å². The van der Waals surface area contributed by atoms with Crippen molar-refractivity contribution in [3.8, 4) is 0 Å². The maximum atomic E-state index is 2.68. The summed E-state index contributed by atoms with van der Waals surface area (Å²) in [4.78, 5) is 5.13. The highest BCUT2D eigenvalue weighted by Crippen LogP contribution is 2.35. The Labute approximate surface area is 146 Å². The zero-order valence-corrected chi connectivity index (χ0v) is 15.2. The Bertz CT molecular complexity index is 506. The van der Waals surface area contributed by atoms with E-state index >= 15 is 0 Å².